The first-order valence-corrected chi connectivity index (χ1v) is 5.19. The van der Waals surface area contributed by atoms with Gasteiger partial charge in [-0.15, -0.1) is 0 Å². The molecule has 0 aromatic carbocycles. The standard InChI is InChI=1S/C10H23NO2/c1-3-6-11-7-4-9-13-10-5-8-12-2/h11H,3-10H2,1-2H3. The summed E-state index contributed by atoms with van der Waals surface area (Å²) in [6.45, 7) is 6.84. The molecule has 0 bridgehead atoms. The summed E-state index contributed by atoms with van der Waals surface area (Å²) in [4.78, 5) is 0. The molecule has 13 heavy (non-hydrogen) atoms. The second-order valence-corrected chi connectivity index (χ2v) is 3.06. The first kappa shape index (κ1) is 12.9. The molecule has 0 spiro atoms. The Labute approximate surface area is 81.8 Å². The van der Waals surface area contributed by atoms with Gasteiger partial charge in [-0.2, -0.15) is 0 Å². The van der Waals surface area contributed by atoms with E-state index in [0.29, 0.717) is 0 Å². The van der Waals surface area contributed by atoms with E-state index in [9.17, 15) is 0 Å². The van der Waals surface area contributed by atoms with Crippen LogP contribution in [0.2, 0.25) is 0 Å². The van der Waals surface area contributed by atoms with E-state index in [-0.39, 0.29) is 0 Å². The number of ether oxygens (including phenoxy) is 2. The third-order valence-corrected chi connectivity index (χ3v) is 1.71. The van der Waals surface area contributed by atoms with Crippen molar-refractivity contribution in [3.63, 3.8) is 0 Å². The zero-order chi connectivity index (χ0) is 9.78. The summed E-state index contributed by atoms with van der Waals surface area (Å²) in [6.07, 6.45) is 3.31. The Morgan fingerprint density at radius 3 is 2.46 bits per heavy atom. The Morgan fingerprint density at radius 2 is 1.77 bits per heavy atom. The fourth-order valence-electron chi connectivity index (χ4n) is 1.01. The minimum absolute atomic E-state index is 0.800. The summed E-state index contributed by atoms with van der Waals surface area (Å²) < 4.78 is 10.3. The van der Waals surface area contributed by atoms with Gasteiger partial charge in [0.1, 0.15) is 0 Å². The molecule has 0 atom stereocenters. The predicted molar refractivity (Wildman–Crippen MR) is 55.1 cm³/mol. The van der Waals surface area contributed by atoms with E-state index < -0.39 is 0 Å². The van der Waals surface area contributed by atoms with Crippen molar-refractivity contribution >= 4 is 0 Å². The Morgan fingerprint density at radius 1 is 1.00 bits per heavy atom. The highest BCUT2D eigenvalue weighted by atomic mass is 16.5. The molecule has 3 nitrogen and oxygen atoms in total. The number of hydrogen-bond acceptors (Lipinski definition) is 3. The van der Waals surface area contributed by atoms with Gasteiger partial charge in [-0.05, 0) is 32.4 Å². The minimum Gasteiger partial charge on any atom is -0.385 e. The largest absolute Gasteiger partial charge is 0.385 e. The molecule has 0 fully saturated rings. The molecule has 0 aliphatic carbocycles. The van der Waals surface area contributed by atoms with Crippen molar-refractivity contribution in [2.24, 2.45) is 0 Å². The lowest BCUT2D eigenvalue weighted by Crippen LogP contribution is -2.17. The van der Waals surface area contributed by atoms with Gasteiger partial charge in [-0.1, -0.05) is 6.92 Å². The van der Waals surface area contributed by atoms with Crippen LogP contribution < -0.4 is 5.32 Å². The summed E-state index contributed by atoms with van der Waals surface area (Å²) in [5.74, 6) is 0. The van der Waals surface area contributed by atoms with Gasteiger partial charge in [0.05, 0.1) is 0 Å². The Kier molecular flexibility index (Phi) is 11.8. The van der Waals surface area contributed by atoms with Crippen LogP contribution in [0.15, 0.2) is 0 Å². The Hall–Kier alpha value is -0.120. The van der Waals surface area contributed by atoms with E-state index in [1.165, 1.54) is 6.42 Å². The zero-order valence-electron chi connectivity index (χ0n) is 8.97. The molecule has 3 heteroatoms. The smallest absolute Gasteiger partial charge is 0.0487 e. The van der Waals surface area contributed by atoms with Crippen molar-refractivity contribution in [2.75, 3.05) is 40.0 Å². The van der Waals surface area contributed by atoms with Gasteiger partial charge in [0.25, 0.3) is 0 Å². The molecular formula is C10H23NO2. The lowest BCUT2D eigenvalue weighted by Gasteiger charge is -2.04. The summed E-state index contributed by atoms with van der Waals surface area (Å²) in [5, 5.41) is 3.33. The molecule has 0 aromatic heterocycles. The van der Waals surface area contributed by atoms with Crippen molar-refractivity contribution in [2.45, 2.75) is 26.2 Å². The molecule has 0 saturated carbocycles. The van der Waals surface area contributed by atoms with Gasteiger partial charge in [-0.3, -0.25) is 0 Å². The highest BCUT2D eigenvalue weighted by Crippen LogP contribution is 1.86. The molecule has 1 N–H and O–H groups in total. The van der Waals surface area contributed by atoms with E-state index in [0.717, 1.165) is 45.8 Å². The maximum Gasteiger partial charge on any atom is 0.0487 e. The Balaban J connectivity index is 2.76. The van der Waals surface area contributed by atoms with Gasteiger partial charge in [-0.25, -0.2) is 0 Å². The maximum atomic E-state index is 5.40. The normalized spacial score (nSPS) is 10.6. The summed E-state index contributed by atoms with van der Waals surface area (Å²) >= 11 is 0. The van der Waals surface area contributed by atoms with Crippen LogP contribution in [-0.2, 0) is 9.47 Å². The molecule has 0 amide bonds. The van der Waals surface area contributed by atoms with Crippen LogP contribution in [0, 0.1) is 0 Å². The van der Waals surface area contributed by atoms with Gasteiger partial charge in [0.2, 0.25) is 0 Å². The number of methoxy groups -OCH3 is 1. The fraction of sp³-hybridized carbons (Fsp3) is 1.00. The molecule has 0 aromatic rings. The van der Waals surface area contributed by atoms with E-state index in [1.807, 2.05) is 0 Å². The molecule has 0 aliphatic rings. The van der Waals surface area contributed by atoms with Crippen molar-refractivity contribution in [3.8, 4) is 0 Å². The van der Waals surface area contributed by atoms with Gasteiger partial charge in [0.15, 0.2) is 0 Å². The van der Waals surface area contributed by atoms with Crippen LogP contribution in [0.25, 0.3) is 0 Å². The van der Waals surface area contributed by atoms with Crippen molar-refractivity contribution in [1.82, 2.24) is 5.32 Å². The second kappa shape index (κ2) is 11.9. The number of nitrogens with one attached hydrogen (secondary N) is 1. The lowest BCUT2D eigenvalue weighted by atomic mass is 10.4. The van der Waals surface area contributed by atoms with Crippen LogP contribution in [0.5, 0.6) is 0 Å². The average molecular weight is 189 g/mol. The molecule has 0 unspecified atom stereocenters. The van der Waals surface area contributed by atoms with Gasteiger partial charge in [0, 0.05) is 26.9 Å². The van der Waals surface area contributed by atoms with E-state index >= 15 is 0 Å². The molecule has 0 aliphatic heterocycles. The monoisotopic (exact) mass is 189 g/mol. The lowest BCUT2D eigenvalue weighted by molar-refractivity contribution is 0.101. The third kappa shape index (κ3) is 11.9. The van der Waals surface area contributed by atoms with Crippen molar-refractivity contribution in [1.29, 1.82) is 0 Å². The van der Waals surface area contributed by atoms with Crippen LogP contribution in [0.4, 0.5) is 0 Å². The minimum atomic E-state index is 0.800. The van der Waals surface area contributed by atoms with Crippen molar-refractivity contribution in [3.05, 3.63) is 0 Å². The van der Waals surface area contributed by atoms with Crippen LogP contribution in [0.3, 0.4) is 0 Å². The summed E-state index contributed by atoms with van der Waals surface area (Å²) in [6, 6.07) is 0. The first-order chi connectivity index (χ1) is 6.41. The topological polar surface area (TPSA) is 30.5 Å². The number of rotatable bonds is 10. The third-order valence-electron chi connectivity index (χ3n) is 1.71. The molecule has 0 saturated heterocycles. The van der Waals surface area contributed by atoms with Crippen LogP contribution in [0.1, 0.15) is 26.2 Å². The summed E-state index contributed by atoms with van der Waals surface area (Å²) in [7, 11) is 1.72. The summed E-state index contributed by atoms with van der Waals surface area (Å²) in [5.41, 5.74) is 0. The van der Waals surface area contributed by atoms with E-state index in [1.54, 1.807) is 7.11 Å². The van der Waals surface area contributed by atoms with E-state index in [4.69, 9.17) is 9.47 Å². The molecule has 0 heterocycles. The molecular weight excluding hydrogens is 166 g/mol. The SMILES string of the molecule is CCCNCCCOCCCOC. The first-order valence-electron chi connectivity index (χ1n) is 5.19. The Bertz CT molecular complexity index is 79.0. The highest BCUT2D eigenvalue weighted by molar-refractivity contribution is 4.45. The van der Waals surface area contributed by atoms with Gasteiger partial charge >= 0.3 is 0 Å². The quantitative estimate of drug-likeness (QED) is 0.527. The van der Waals surface area contributed by atoms with E-state index in [2.05, 4.69) is 12.2 Å². The second-order valence-electron chi connectivity index (χ2n) is 3.06. The predicted octanol–water partition coefficient (Wildman–Crippen LogP) is 1.43. The number of hydrogen-bond donors (Lipinski definition) is 1. The van der Waals surface area contributed by atoms with Crippen LogP contribution in [-0.4, -0.2) is 40.0 Å². The van der Waals surface area contributed by atoms with Crippen LogP contribution >= 0.6 is 0 Å². The molecule has 0 radical (unpaired) electrons. The molecule has 80 valence electrons. The zero-order valence-corrected chi connectivity index (χ0v) is 8.97. The highest BCUT2D eigenvalue weighted by Gasteiger charge is 1.89. The van der Waals surface area contributed by atoms with Crippen molar-refractivity contribution < 1.29 is 9.47 Å². The fourth-order valence-corrected chi connectivity index (χ4v) is 1.01. The van der Waals surface area contributed by atoms with Gasteiger partial charge < -0.3 is 14.8 Å². The molecule has 0 rings (SSSR count). The maximum absolute atomic E-state index is 5.40. The average Bonchev–Trinajstić information content (AvgIpc) is 2.16.